The molecular weight excluding hydrogens is 265 g/mol. The van der Waals surface area contributed by atoms with Crippen molar-refractivity contribution < 1.29 is 14.1 Å². The maximum Gasteiger partial charge on any atom is 0.275 e. The Labute approximate surface area is 114 Å². The third-order valence-corrected chi connectivity index (χ3v) is 2.64. The third kappa shape index (κ3) is 2.82. The van der Waals surface area contributed by atoms with Gasteiger partial charge in [-0.25, -0.2) is 4.39 Å². The van der Waals surface area contributed by atoms with E-state index in [1.165, 1.54) is 13.0 Å². The number of nitro benzene ring substituents is 1. The van der Waals surface area contributed by atoms with Crippen molar-refractivity contribution in [3.8, 4) is 11.6 Å². The lowest BCUT2D eigenvalue weighted by Gasteiger charge is -2.08. The zero-order valence-corrected chi connectivity index (χ0v) is 10.9. The number of benzene rings is 1. The number of hydrogen-bond donors (Lipinski definition) is 1. The number of anilines is 1. The fraction of sp³-hybridized carbons (Fsp3) is 0.154. The zero-order chi connectivity index (χ0) is 14.7. The van der Waals surface area contributed by atoms with Crippen molar-refractivity contribution in [3.63, 3.8) is 0 Å². The van der Waals surface area contributed by atoms with Crippen LogP contribution in [0.5, 0.6) is 11.6 Å². The van der Waals surface area contributed by atoms with E-state index in [0.717, 1.165) is 6.07 Å². The maximum atomic E-state index is 13.8. The van der Waals surface area contributed by atoms with Crippen LogP contribution in [-0.4, -0.2) is 17.0 Å². The van der Waals surface area contributed by atoms with E-state index in [9.17, 15) is 14.5 Å². The second kappa shape index (κ2) is 5.52. The van der Waals surface area contributed by atoms with Crippen LogP contribution < -0.4 is 10.1 Å². The summed E-state index contributed by atoms with van der Waals surface area (Å²) in [6, 6.07) is 7.11. The van der Waals surface area contributed by atoms with E-state index < -0.39 is 10.7 Å². The van der Waals surface area contributed by atoms with E-state index in [1.807, 2.05) is 0 Å². The lowest BCUT2D eigenvalue weighted by atomic mass is 10.2. The molecule has 0 bridgehead atoms. The Hall–Kier alpha value is -2.70. The number of ether oxygens (including phenoxy) is 1. The van der Waals surface area contributed by atoms with Crippen LogP contribution in [0.25, 0.3) is 0 Å². The van der Waals surface area contributed by atoms with Crippen molar-refractivity contribution >= 4 is 11.5 Å². The summed E-state index contributed by atoms with van der Waals surface area (Å²) in [5.41, 5.74) is 0.0305. The molecule has 1 heterocycles. The number of aryl methyl sites for hydroxylation is 1. The molecule has 2 aromatic rings. The standard InChI is InChI=1S/C13H12FN3O3/c1-8-6-11(9(14)7-10(8)17(18)19)20-13-5-3-4-12(15-2)16-13/h3-7H,1-2H3,(H,15,16). The van der Waals surface area contributed by atoms with Crippen LogP contribution in [-0.2, 0) is 0 Å². The molecule has 104 valence electrons. The van der Waals surface area contributed by atoms with Gasteiger partial charge in [-0.1, -0.05) is 6.07 Å². The molecule has 0 aliphatic heterocycles. The van der Waals surface area contributed by atoms with Gasteiger partial charge in [0.1, 0.15) is 5.82 Å². The molecule has 7 heteroatoms. The van der Waals surface area contributed by atoms with Gasteiger partial charge in [0, 0.05) is 18.7 Å². The molecule has 6 nitrogen and oxygen atoms in total. The number of nitro groups is 1. The summed E-state index contributed by atoms with van der Waals surface area (Å²) in [5.74, 6) is -0.140. The van der Waals surface area contributed by atoms with Crippen molar-refractivity contribution in [2.75, 3.05) is 12.4 Å². The highest BCUT2D eigenvalue weighted by Crippen LogP contribution is 2.30. The molecule has 1 N–H and O–H groups in total. The number of rotatable bonds is 4. The minimum Gasteiger partial charge on any atom is -0.436 e. The van der Waals surface area contributed by atoms with Gasteiger partial charge in [0.05, 0.1) is 11.0 Å². The normalized spacial score (nSPS) is 10.2. The highest BCUT2D eigenvalue weighted by Gasteiger charge is 2.17. The SMILES string of the molecule is CNc1cccc(Oc2cc(C)c([N+](=O)[O-])cc2F)n1. The molecular formula is C13H12FN3O3. The van der Waals surface area contributed by atoms with Gasteiger partial charge in [-0.15, -0.1) is 0 Å². The maximum absolute atomic E-state index is 13.8. The van der Waals surface area contributed by atoms with Crippen LogP contribution in [0.15, 0.2) is 30.3 Å². The van der Waals surface area contributed by atoms with Gasteiger partial charge in [-0.2, -0.15) is 4.98 Å². The monoisotopic (exact) mass is 277 g/mol. The van der Waals surface area contributed by atoms with Crippen LogP contribution in [0.4, 0.5) is 15.9 Å². The van der Waals surface area contributed by atoms with Gasteiger partial charge in [0.15, 0.2) is 11.6 Å². The van der Waals surface area contributed by atoms with E-state index in [-0.39, 0.29) is 17.3 Å². The van der Waals surface area contributed by atoms with Crippen molar-refractivity contribution in [3.05, 3.63) is 51.8 Å². The average Bonchev–Trinajstić information content (AvgIpc) is 2.42. The minimum absolute atomic E-state index is 0.103. The number of pyridine rings is 1. The van der Waals surface area contributed by atoms with Gasteiger partial charge in [-0.3, -0.25) is 10.1 Å². The van der Waals surface area contributed by atoms with E-state index in [1.54, 1.807) is 25.2 Å². The number of nitrogens with zero attached hydrogens (tertiary/aromatic N) is 2. The molecule has 2 rings (SSSR count). The molecule has 20 heavy (non-hydrogen) atoms. The summed E-state index contributed by atoms with van der Waals surface area (Å²) in [7, 11) is 1.70. The molecule has 0 unspecified atom stereocenters. The Balaban J connectivity index is 2.34. The lowest BCUT2D eigenvalue weighted by Crippen LogP contribution is -1.98. The Morgan fingerprint density at radius 3 is 2.80 bits per heavy atom. The van der Waals surface area contributed by atoms with Crippen molar-refractivity contribution in [1.82, 2.24) is 4.98 Å². The first kappa shape index (κ1) is 13.7. The summed E-state index contributed by atoms with van der Waals surface area (Å²) in [4.78, 5) is 14.1. The van der Waals surface area contributed by atoms with Gasteiger partial charge in [0.25, 0.3) is 5.69 Å². The fourth-order valence-corrected chi connectivity index (χ4v) is 1.64. The van der Waals surface area contributed by atoms with Crippen LogP contribution in [0.1, 0.15) is 5.56 Å². The summed E-state index contributed by atoms with van der Waals surface area (Å²) < 4.78 is 19.1. The first-order valence-electron chi connectivity index (χ1n) is 5.78. The predicted molar refractivity (Wildman–Crippen MR) is 71.6 cm³/mol. The van der Waals surface area contributed by atoms with Crippen molar-refractivity contribution in [1.29, 1.82) is 0 Å². The Bertz CT molecular complexity index is 661. The van der Waals surface area contributed by atoms with Crippen LogP contribution in [0.2, 0.25) is 0 Å². The van der Waals surface area contributed by atoms with Crippen molar-refractivity contribution in [2.24, 2.45) is 0 Å². The molecule has 0 atom stereocenters. The first-order chi connectivity index (χ1) is 9.51. The molecule has 1 aromatic carbocycles. The summed E-state index contributed by atoms with van der Waals surface area (Å²) in [6.45, 7) is 1.52. The Morgan fingerprint density at radius 2 is 2.15 bits per heavy atom. The fourth-order valence-electron chi connectivity index (χ4n) is 1.64. The highest BCUT2D eigenvalue weighted by atomic mass is 19.1. The number of nitrogens with one attached hydrogen (secondary N) is 1. The largest absolute Gasteiger partial charge is 0.436 e. The molecule has 0 spiro atoms. The second-order valence-electron chi connectivity index (χ2n) is 4.04. The van der Waals surface area contributed by atoms with Gasteiger partial charge in [-0.05, 0) is 19.1 Å². The molecule has 0 fully saturated rings. The topological polar surface area (TPSA) is 77.3 Å². The number of aromatic nitrogens is 1. The first-order valence-corrected chi connectivity index (χ1v) is 5.78. The van der Waals surface area contributed by atoms with E-state index >= 15 is 0 Å². The predicted octanol–water partition coefficient (Wildman–Crippen LogP) is 3.27. The average molecular weight is 277 g/mol. The van der Waals surface area contributed by atoms with Crippen LogP contribution in [0, 0.1) is 22.9 Å². The van der Waals surface area contributed by atoms with Crippen LogP contribution >= 0.6 is 0 Å². The molecule has 0 saturated carbocycles. The Morgan fingerprint density at radius 1 is 1.40 bits per heavy atom. The minimum atomic E-state index is -0.807. The molecule has 0 amide bonds. The molecule has 0 radical (unpaired) electrons. The second-order valence-corrected chi connectivity index (χ2v) is 4.04. The molecule has 0 saturated heterocycles. The van der Waals surface area contributed by atoms with Gasteiger partial charge in [0.2, 0.25) is 5.88 Å². The Kier molecular flexibility index (Phi) is 3.79. The van der Waals surface area contributed by atoms with Crippen molar-refractivity contribution in [2.45, 2.75) is 6.92 Å². The summed E-state index contributed by atoms with van der Waals surface area (Å²) >= 11 is 0. The number of hydrogen-bond acceptors (Lipinski definition) is 5. The zero-order valence-electron chi connectivity index (χ0n) is 10.9. The highest BCUT2D eigenvalue weighted by molar-refractivity contribution is 5.46. The van der Waals surface area contributed by atoms with Gasteiger partial charge >= 0.3 is 0 Å². The lowest BCUT2D eigenvalue weighted by molar-refractivity contribution is -0.385. The summed E-state index contributed by atoms with van der Waals surface area (Å²) in [6.07, 6.45) is 0. The van der Waals surface area contributed by atoms with E-state index in [0.29, 0.717) is 11.4 Å². The van der Waals surface area contributed by atoms with E-state index in [4.69, 9.17) is 4.74 Å². The third-order valence-electron chi connectivity index (χ3n) is 2.64. The molecule has 1 aromatic heterocycles. The number of halogens is 1. The van der Waals surface area contributed by atoms with Gasteiger partial charge < -0.3 is 10.1 Å². The quantitative estimate of drug-likeness (QED) is 0.685. The smallest absolute Gasteiger partial charge is 0.275 e. The molecule has 0 aliphatic rings. The van der Waals surface area contributed by atoms with Crippen LogP contribution in [0.3, 0.4) is 0 Å². The summed E-state index contributed by atoms with van der Waals surface area (Å²) in [5, 5.41) is 13.5. The van der Waals surface area contributed by atoms with E-state index in [2.05, 4.69) is 10.3 Å². The molecule has 0 aliphatic carbocycles.